The van der Waals surface area contributed by atoms with Crippen molar-refractivity contribution in [3.63, 3.8) is 0 Å². The summed E-state index contributed by atoms with van der Waals surface area (Å²) in [7, 11) is 1.59. The zero-order valence-corrected chi connectivity index (χ0v) is 12.8. The second-order valence-corrected chi connectivity index (χ2v) is 5.17. The molecule has 5 heteroatoms. The van der Waals surface area contributed by atoms with E-state index in [-0.39, 0.29) is 11.3 Å². The van der Waals surface area contributed by atoms with Crippen LogP contribution < -0.4 is 16.0 Å². The number of nitrogens with one attached hydrogen (secondary N) is 1. The minimum Gasteiger partial charge on any atom is -0.485 e. The molecule has 3 rings (SSSR count). The summed E-state index contributed by atoms with van der Waals surface area (Å²) in [5.41, 5.74) is 8.66. The standard InChI is InChI=1S/C18H18N2O3/c1-22-9-10-23-17-16(12-5-3-2-4-6-12)14-11-13(19)7-8-15(14)20-18(17)21/h2-8,11H,9-10,19H2,1H3,(H,20,21). The molecule has 0 saturated carbocycles. The van der Waals surface area contributed by atoms with Crippen molar-refractivity contribution in [2.45, 2.75) is 0 Å². The number of nitrogen functional groups attached to an aromatic ring is 1. The topological polar surface area (TPSA) is 77.3 Å². The van der Waals surface area contributed by atoms with Crippen LogP contribution in [0.5, 0.6) is 5.75 Å². The predicted molar refractivity (Wildman–Crippen MR) is 91.8 cm³/mol. The zero-order valence-electron chi connectivity index (χ0n) is 12.8. The predicted octanol–water partition coefficient (Wildman–Crippen LogP) is 2.80. The lowest BCUT2D eigenvalue weighted by Gasteiger charge is -2.14. The molecule has 0 bridgehead atoms. The van der Waals surface area contributed by atoms with Crippen molar-refractivity contribution in [1.29, 1.82) is 0 Å². The molecular formula is C18H18N2O3. The van der Waals surface area contributed by atoms with Crippen LogP contribution in [-0.2, 0) is 4.74 Å². The van der Waals surface area contributed by atoms with Crippen LogP contribution in [0.4, 0.5) is 5.69 Å². The van der Waals surface area contributed by atoms with E-state index in [0.717, 1.165) is 22.0 Å². The first-order chi connectivity index (χ1) is 11.2. The summed E-state index contributed by atoms with van der Waals surface area (Å²) >= 11 is 0. The van der Waals surface area contributed by atoms with E-state index in [0.29, 0.717) is 18.9 Å². The number of hydrogen-bond donors (Lipinski definition) is 2. The van der Waals surface area contributed by atoms with Gasteiger partial charge in [-0.25, -0.2) is 0 Å². The summed E-state index contributed by atoms with van der Waals surface area (Å²) in [4.78, 5) is 15.3. The van der Waals surface area contributed by atoms with Gasteiger partial charge in [0.2, 0.25) is 0 Å². The van der Waals surface area contributed by atoms with Gasteiger partial charge < -0.3 is 20.2 Å². The lowest BCUT2D eigenvalue weighted by molar-refractivity contribution is 0.146. The molecular weight excluding hydrogens is 292 g/mol. The van der Waals surface area contributed by atoms with E-state index in [1.165, 1.54) is 0 Å². The summed E-state index contributed by atoms with van der Waals surface area (Å²) in [6.45, 7) is 0.704. The van der Waals surface area contributed by atoms with Crippen molar-refractivity contribution in [3.8, 4) is 16.9 Å². The maximum Gasteiger partial charge on any atom is 0.291 e. The minimum absolute atomic E-state index is 0.266. The van der Waals surface area contributed by atoms with E-state index < -0.39 is 0 Å². The Morgan fingerprint density at radius 1 is 1.09 bits per heavy atom. The van der Waals surface area contributed by atoms with Crippen LogP contribution in [0.25, 0.3) is 22.0 Å². The van der Waals surface area contributed by atoms with Crippen LogP contribution in [0.3, 0.4) is 0 Å². The van der Waals surface area contributed by atoms with E-state index in [4.69, 9.17) is 15.2 Å². The number of nitrogens with two attached hydrogens (primary N) is 1. The van der Waals surface area contributed by atoms with Gasteiger partial charge in [0, 0.05) is 29.3 Å². The second kappa shape index (κ2) is 6.54. The fourth-order valence-electron chi connectivity index (χ4n) is 2.55. The number of ether oxygens (including phenoxy) is 2. The SMILES string of the molecule is COCCOc1c(-c2ccccc2)c2cc(N)ccc2[nH]c1=O. The molecule has 118 valence electrons. The largest absolute Gasteiger partial charge is 0.485 e. The third-order valence-corrected chi connectivity index (χ3v) is 3.59. The Morgan fingerprint density at radius 3 is 2.61 bits per heavy atom. The van der Waals surface area contributed by atoms with Crippen LogP contribution in [-0.4, -0.2) is 25.3 Å². The third-order valence-electron chi connectivity index (χ3n) is 3.59. The highest BCUT2D eigenvalue weighted by Crippen LogP contribution is 2.34. The number of anilines is 1. The molecule has 0 aliphatic heterocycles. The van der Waals surface area contributed by atoms with E-state index in [1.807, 2.05) is 36.4 Å². The molecule has 1 aromatic heterocycles. The fraction of sp³-hybridized carbons (Fsp3) is 0.167. The van der Waals surface area contributed by atoms with E-state index in [2.05, 4.69) is 4.98 Å². The molecule has 0 atom stereocenters. The maximum atomic E-state index is 12.5. The molecule has 0 amide bonds. The Morgan fingerprint density at radius 2 is 1.87 bits per heavy atom. The molecule has 1 heterocycles. The molecule has 3 N–H and O–H groups in total. The number of hydrogen-bond acceptors (Lipinski definition) is 4. The molecule has 0 aliphatic rings. The summed E-state index contributed by atoms with van der Waals surface area (Å²) in [6, 6.07) is 15.1. The Bertz CT molecular complexity index is 873. The third kappa shape index (κ3) is 3.05. The molecule has 3 aromatic rings. The molecule has 5 nitrogen and oxygen atoms in total. The van der Waals surface area contributed by atoms with Gasteiger partial charge in [0.15, 0.2) is 5.75 Å². The first-order valence-corrected chi connectivity index (χ1v) is 7.33. The Balaban J connectivity index is 2.27. The van der Waals surface area contributed by atoms with Crippen LogP contribution in [0, 0.1) is 0 Å². The van der Waals surface area contributed by atoms with Gasteiger partial charge in [0.1, 0.15) is 6.61 Å². The normalized spacial score (nSPS) is 10.8. The Hall–Kier alpha value is -2.79. The molecule has 0 radical (unpaired) electrons. The molecule has 0 aliphatic carbocycles. The average molecular weight is 310 g/mol. The van der Waals surface area contributed by atoms with Gasteiger partial charge in [-0.05, 0) is 23.8 Å². The van der Waals surface area contributed by atoms with Crippen molar-refractivity contribution in [3.05, 3.63) is 58.9 Å². The number of rotatable bonds is 5. The zero-order chi connectivity index (χ0) is 16.2. The number of aromatic nitrogens is 1. The van der Waals surface area contributed by atoms with Crippen molar-refractivity contribution < 1.29 is 9.47 Å². The molecule has 2 aromatic carbocycles. The number of fused-ring (bicyclic) bond motifs is 1. The monoisotopic (exact) mass is 310 g/mol. The number of methoxy groups -OCH3 is 1. The Kier molecular flexibility index (Phi) is 4.30. The fourth-order valence-corrected chi connectivity index (χ4v) is 2.55. The van der Waals surface area contributed by atoms with Crippen molar-refractivity contribution in [2.24, 2.45) is 0 Å². The summed E-state index contributed by atoms with van der Waals surface area (Å²) in [6.07, 6.45) is 0. The van der Waals surface area contributed by atoms with Gasteiger partial charge in [-0.3, -0.25) is 4.79 Å². The summed E-state index contributed by atoms with van der Waals surface area (Å²) < 4.78 is 10.7. The van der Waals surface area contributed by atoms with Gasteiger partial charge in [-0.2, -0.15) is 0 Å². The van der Waals surface area contributed by atoms with E-state index in [1.54, 1.807) is 19.2 Å². The number of aromatic amines is 1. The summed E-state index contributed by atoms with van der Waals surface area (Å²) in [5.74, 6) is 0.284. The first-order valence-electron chi connectivity index (χ1n) is 7.33. The van der Waals surface area contributed by atoms with E-state index >= 15 is 0 Å². The number of H-pyrrole nitrogens is 1. The second-order valence-electron chi connectivity index (χ2n) is 5.17. The molecule has 0 fully saturated rings. The van der Waals surface area contributed by atoms with Crippen molar-refractivity contribution in [2.75, 3.05) is 26.1 Å². The highest BCUT2D eigenvalue weighted by Gasteiger charge is 2.16. The highest BCUT2D eigenvalue weighted by atomic mass is 16.5. The average Bonchev–Trinajstić information content (AvgIpc) is 2.56. The Labute approximate surface area is 133 Å². The van der Waals surface area contributed by atoms with Crippen LogP contribution in [0.1, 0.15) is 0 Å². The van der Waals surface area contributed by atoms with Crippen molar-refractivity contribution in [1.82, 2.24) is 4.98 Å². The lowest BCUT2D eigenvalue weighted by Crippen LogP contribution is -2.16. The minimum atomic E-state index is -0.266. The lowest BCUT2D eigenvalue weighted by atomic mass is 10.00. The van der Waals surface area contributed by atoms with Gasteiger partial charge in [-0.15, -0.1) is 0 Å². The maximum absolute atomic E-state index is 12.5. The summed E-state index contributed by atoms with van der Waals surface area (Å²) in [5, 5.41) is 0.850. The molecule has 23 heavy (non-hydrogen) atoms. The van der Waals surface area contributed by atoms with Gasteiger partial charge >= 0.3 is 0 Å². The first kappa shape index (κ1) is 15.1. The quantitative estimate of drug-likeness (QED) is 0.561. The molecule has 0 saturated heterocycles. The number of pyridine rings is 1. The van der Waals surface area contributed by atoms with Crippen LogP contribution in [0.15, 0.2) is 53.3 Å². The van der Waals surface area contributed by atoms with Crippen LogP contribution >= 0.6 is 0 Å². The van der Waals surface area contributed by atoms with Crippen LogP contribution in [0.2, 0.25) is 0 Å². The highest BCUT2D eigenvalue weighted by molar-refractivity contribution is 5.98. The van der Waals surface area contributed by atoms with Gasteiger partial charge in [0.05, 0.1) is 6.61 Å². The van der Waals surface area contributed by atoms with E-state index in [9.17, 15) is 4.79 Å². The van der Waals surface area contributed by atoms with Gasteiger partial charge in [-0.1, -0.05) is 30.3 Å². The molecule has 0 unspecified atom stereocenters. The smallest absolute Gasteiger partial charge is 0.291 e. The van der Waals surface area contributed by atoms with Gasteiger partial charge in [0.25, 0.3) is 5.56 Å². The number of benzene rings is 2. The molecule has 0 spiro atoms. The van der Waals surface area contributed by atoms with Crippen molar-refractivity contribution >= 4 is 16.6 Å².